The van der Waals surface area contributed by atoms with Crippen molar-refractivity contribution in [2.45, 2.75) is 4.90 Å². The molecule has 0 aliphatic rings. The van der Waals surface area contributed by atoms with Crippen molar-refractivity contribution in [1.82, 2.24) is 4.72 Å². The minimum Gasteiger partial charge on any atom is -0.322 e. The van der Waals surface area contributed by atoms with Crippen LogP contribution in [-0.2, 0) is 10.0 Å². The summed E-state index contributed by atoms with van der Waals surface area (Å²) >= 11 is 3.30. The van der Waals surface area contributed by atoms with Gasteiger partial charge in [0.15, 0.2) is 0 Å². The van der Waals surface area contributed by atoms with Crippen LogP contribution in [0, 0.1) is 0 Å². The van der Waals surface area contributed by atoms with E-state index in [1.807, 2.05) is 0 Å². The van der Waals surface area contributed by atoms with E-state index in [2.05, 4.69) is 26.0 Å². The molecule has 0 aliphatic carbocycles. The molecule has 0 unspecified atom stereocenters. The van der Waals surface area contributed by atoms with Crippen LogP contribution in [0.1, 0.15) is 10.4 Å². The van der Waals surface area contributed by atoms with Gasteiger partial charge in [0.1, 0.15) is 0 Å². The highest BCUT2D eigenvalue weighted by Crippen LogP contribution is 2.17. The Morgan fingerprint density at radius 2 is 1.76 bits per heavy atom. The number of nitrogens with one attached hydrogen (secondary N) is 2. The minimum absolute atomic E-state index is 0.0959. The second-order valence-corrected chi connectivity index (χ2v) is 7.00. The normalized spacial score (nSPS) is 11.1. The summed E-state index contributed by atoms with van der Waals surface area (Å²) in [6.45, 7) is 0. The van der Waals surface area contributed by atoms with Crippen LogP contribution in [0.3, 0.4) is 0 Å². The molecule has 0 atom stereocenters. The number of hydrogen-bond donors (Lipinski definition) is 2. The number of halogens is 1. The van der Waals surface area contributed by atoms with Crippen LogP contribution in [0.5, 0.6) is 0 Å². The zero-order valence-electron chi connectivity index (χ0n) is 11.1. The number of hydrogen-bond acceptors (Lipinski definition) is 3. The Labute approximate surface area is 131 Å². The lowest BCUT2D eigenvalue weighted by molar-refractivity contribution is 0.102. The zero-order valence-corrected chi connectivity index (χ0v) is 13.5. The second-order valence-electron chi connectivity index (χ2n) is 4.20. The Kier molecular flexibility index (Phi) is 4.76. The number of rotatable bonds is 4. The molecule has 2 N–H and O–H groups in total. The zero-order chi connectivity index (χ0) is 15.5. The molecular formula is C14H13BrN2O3S. The van der Waals surface area contributed by atoms with Gasteiger partial charge in [-0.05, 0) is 49.5 Å². The van der Waals surface area contributed by atoms with E-state index in [0.29, 0.717) is 11.3 Å². The van der Waals surface area contributed by atoms with Crippen molar-refractivity contribution in [3.8, 4) is 0 Å². The van der Waals surface area contributed by atoms with Crippen molar-refractivity contribution in [3.63, 3.8) is 0 Å². The van der Waals surface area contributed by atoms with Gasteiger partial charge >= 0.3 is 0 Å². The van der Waals surface area contributed by atoms with Gasteiger partial charge in [-0.25, -0.2) is 13.1 Å². The summed E-state index contributed by atoms with van der Waals surface area (Å²) in [5, 5.41) is 2.67. The van der Waals surface area contributed by atoms with Crippen LogP contribution in [0.15, 0.2) is 57.9 Å². The number of benzene rings is 2. The van der Waals surface area contributed by atoms with Crippen LogP contribution in [0.2, 0.25) is 0 Å². The van der Waals surface area contributed by atoms with Gasteiger partial charge in [-0.15, -0.1) is 0 Å². The molecule has 0 bridgehead atoms. The van der Waals surface area contributed by atoms with E-state index < -0.39 is 10.0 Å². The molecule has 7 heteroatoms. The lowest BCUT2D eigenvalue weighted by Crippen LogP contribution is -2.19. The van der Waals surface area contributed by atoms with Crippen molar-refractivity contribution < 1.29 is 13.2 Å². The lowest BCUT2D eigenvalue weighted by Gasteiger charge is -2.08. The summed E-state index contributed by atoms with van der Waals surface area (Å²) in [7, 11) is -2.20. The molecule has 0 aliphatic heterocycles. The van der Waals surface area contributed by atoms with Gasteiger partial charge in [-0.3, -0.25) is 4.79 Å². The molecule has 0 saturated heterocycles. The fourth-order valence-corrected chi connectivity index (χ4v) is 2.70. The van der Waals surface area contributed by atoms with Gasteiger partial charge < -0.3 is 5.32 Å². The summed E-state index contributed by atoms with van der Waals surface area (Å²) in [5.41, 5.74) is 0.902. The van der Waals surface area contributed by atoms with E-state index in [1.165, 1.54) is 19.2 Å². The van der Waals surface area contributed by atoms with Crippen LogP contribution >= 0.6 is 15.9 Å². The Morgan fingerprint density at radius 3 is 2.38 bits per heavy atom. The first-order chi connectivity index (χ1) is 9.92. The number of anilines is 1. The minimum atomic E-state index is -3.53. The molecule has 0 spiro atoms. The Balaban J connectivity index is 2.22. The molecule has 2 aromatic rings. The molecule has 0 heterocycles. The topological polar surface area (TPSA) is 75.3 Å². The fourth-order valence-electron chi connectivity index (χ4n) is 1.66. The predicted molar refractivity (Wildman–Crippen MR) is 84.8 cm³/mol. The standard InChI is InChI=1S/C14H13BrN2O3S/c1-16-21(19,20)13-4-2-3-12(9-13)17-14(18)10-5-7-11(15)8-6-10/h2-9,16H,1H3,(H,17,18). The molecule has 110 valence electrons. The van der Waals surface area contributed by atoms with E-state index in [9.17, 15) is 13.2 Å². The Bertz CT molecular complexity index is 758. The molecular weight excluding hydrogens is 356 g/mol. The summed E-state index contributed by atoms with van der Waals surface area (Å²) in [6.07, 6.45) is 0. The molecule has 0 aromatic heterocycles. The summed E-state index contributed by atoms with van der Waals surface area (Å²) in [4.78, 5) is 12.2. The van der Waals surface area contributed by atoms with Crippen molar-refractivity contribution in [1.29, 1.82) is 0 Å². The maximum atomic E-state index is 12.1. The van der Waals surface area contributed by atoms with Crippen LogP contribution in [0.4, 0.5) is 5.69 Å². The van der Waals surface area contributed by atoms with Crippen LogP contribution in [-0.4, -0.2) is 21.4 Å². The average molecular weight is 369 g/mol. The molecule has 21 heavy (non-hydrogen) atoms. The Morgan fingerprint density at radius 1 is 1.10 bits per heavy atom. The average Bonchev–Trinajstić information content (AvgIpc) is 2.48. The molecule has 1 amide bonds. The quantitative estimate of drug-likeness (QED) is 0.870. The summed E-state index contributed by atoms with van der Waals surface area (Å²) < 4.78 is 26.5. The number of amides is 1. The highest BCUT2D eigenvalue weighted by molar-refractivity contribution is 9.10. The fraction of sp³-hybridized carbons (Fsp3) is 0.0714. The SMILES string of the molecule is CNS(=O)(=O)c1cccc(NC(=O)c2ccc(Br)cc2)c1. The third kappa shape index (κ3) is 3.90. The van der Waals surface area contributed by atoms with Crippen LogP contribution < -0.4 is 10.0 Å². The highest BCUT2D eigenvalue weighted by atomic mass is 79.9. The number of carbonyl (C=O) groups is 1. The molecule has 0 radical (unpaired) electrons. The second kappa shape index (κ2) is 6.38. The van der Waals surface area contributed by atoms with E-state index in [-0.39, 0.29) is 10.8 Å². The Hall–Kier alpha value is -1.70. The number of carbonyl (C=O) groups excluding carboxylic acids is 1. The predicted octanol–water partition coefficient (Wildman–Crippen LogP) is 2.61. The van der Waals surface area contributed by atoms with E-state index in [0.717, 1.165) is 4.47 Å². The first-order valence-corrected chi connectivity index (χ1v) is 8.30. The highest BCUT2D eigenvalue weighted by Gasteiger charge is 2.12. The van der Waals surface area contributed by atoms with Gasteiger partial charge in [-0.1, -0.05) is 22.0 Å². The lowest BCUT2D eigenvalue weighted by atomic mass is 10.2. The molecule has 0 saturated carbocycles. The third-order valence-electron chi connectivity index (χ3n) is 2.78. The van der Waals surface area contributed by atoms with E-state index >= 15 is 0 Å². The molecule has 2 rings (SSSR count). The van der Waals surface area contributed by atoms with Crippen molar-refractivity contribution in [2.75, 3.05) is 12.4 Å². The van der Waals surface area contributed by atoms with Gasteiger partial charge in [0.2, 0.25) is 10.0 Å². The van der Waals surface area contributed by atoms with Gasteiger partial charge in [0.25, 0.3) is 5.91 Å². The van der Waals surface area contributed by atoms with Gasteiger partial charge in [-0.2, -0.15) is 0 Å². The molecule has 2 aromatic carbocycles. The molecule has 5 nitrogen and oxygen atoms in total. The maximum Gasteiger partial charge on any atom is 0.255 e. The molecule has 0 fully saturated rings. The van der Waals surface area contributed by atoms with Crippen molar-refractivity contribution >= 4 is 37.5 Å². The summed E-state index contributed by atoms with van der Waals surface area (Å²) in [6, 6.07) is 12.9. The van der Waals surface area contributed by atoms with Gasteiger partial charge in [0, 0.05) is 15.7 Å². The smallest absolute Gasteiger partial charge is 0.255 e. The van der Waals surface area contributed by atoms with E-state index in [4.69, 9.17) is 0 Å². The number of sulfonamides is 1. The largest absolute Gasteiger partial charge is 0.322 e. The van der Waals surface area contributed by atoms with Gasteiger partial charge in [0.05, 0.1) is 4.90 Å². The van der Waals surface area contributed by atoms with E-state index in [1.54, 1.807) is 36.4 Å². The maximum absolute atomic E-state index is 12.1. The first-order valence-electron chi connectivity index (χ1n) is 6.03. The van der Waals surface area contributed by atoms with Crippen LogP contribution in [0.25, 0.3) is 0 Å². The van der Waals surface area contributed by atoms with Crippen molar-refractivity contribution in [2.24, 2.45) is 0 Å². The third-order valence-corrected chi connectivity index (χ3v) is 4.72. The van der Waals surface area contributed by atoms with Crippen molar-refractivity contribution in [3.05, 3.63) is 58.6 Å². The monoisotopic (exact) mass is 368 g/mol. The first kappa shape index (κ1) is 15.7. The summed E-state index contributed by atoms with van der Waals surface area (Å²) in [5.74, 6) is -0.304.